The van der Waals surface area contributed by atoms with Crippen LogP contribution in [0.3, 0.4) is 0 Å². The van der Waals surface area contributed by atoms with Gasteiger partial charge in [0.25, 0.3) is 5.69 Å². The van der Waals surface area contributed by atoms with Crippen LogP contribution >= 0.6 is 0 Å². The average molecular weight is 306 g/mol. The van der Waals surface area contributed by atoms with Gasteiger partial charge in [-0.25, -0.2) is 0 Å². The van der Waals surface area contributed by atoms with Gasteiger partial charge in [-0.1, -0.05) is 0 Å². The topological polar surface area (TPSA) is 73.6 Å². The molecule has 0 amide bonds. The van der Waals surface area contributed by atoms with Crippen LogP contribution in [0.4, 0.5) is 24.5 Å². The lowest BCUT2D eigenvalue weighted by molar-refractivity contribution is -0.385. The second kappa shape index (κ2) is 6.27. The number of nitrogens with zero attached hydrogens (tertiary/aromatic N) is 1. The molecule has 1 N–H and O–H groups in total. The van der Waals surface area contributed by atoms with Crippen LogP contribution in [-0.4, -0.2) is 37.4 Å². The van der Waals surface area contributed by atoms with E-state index in [0.29, 0.717) is 25.9 Å². The lowest BCUT2D eigenvalue weighted by Crippen LogP contribution is -2.34. The molecule has 0 spiro atoms. The first kappa shape index (κ1) is 15.5. The summed E-state index contributed by atoms with van der Waals surface area (Å²) < 4.78 is 49.3. The summed E-state index contributed by atoms with van der Waals surface area (Å²) in [6.07, 6.45) is -5.03. The first-order valence-corrected chi connectivity index (χ1v) is 6.17. The number of benzene rings is 1. The van der Waals surface area contributed by atoms with Crippen LogP contribution in [0.2, 0.25) is 0 Å². The molecule has 0 aliphatic carbocycles. The van der Waals surface area contributed by atoms with Crippen molar-refractivity contribution in [2.24, 2.45) is 0 Å². The Labute approximate surface area is 118 Å². The van der Waals surface area contributed by atoms with Crippen molar-refractivity contribution in [3.05, 3.63) is 33.9 Å². The van der Waals surface area contributed by atoms with Gasteiger partial charge in [0, 0.05) is 24.4 Å². The minimum Gasteiger partial charge on any atom is -0.382 e. The molecule has 1 aliphatic rings. The van der Waals surface area contributed by atoms with E-state index >= 15 is 0 Å². The smallest absolute Gasteiger partial charge is 0.382 e. The van der Waals surface area contributed by atoms with E-state index in [0.717, 1.165) is 12.1 Å². The standard InChI is InChI=1S/C12H13F3N2O4/c13-12(14,15)10-5-8(17(18)19)1-2-11(10)16-6-9-7-20-3-4-21-9/h1-2,5,9,16H,3-4,6-7H2. The number of rotatable bonds is 4. The lowest BCUT2D eigenvalue weighted by Gasteiger charge is -2.24. The molecule has 1 fully saturated rings. The number of nitro groups is 1. The van der Waals surface area contributed by atoms with E-state index < -0.39 is 22.4 Å². The van der Waals surface area contributed by atoms with E-state index in [2.05, 4.69) is 5.32 Å². The first-order chi connectivity index (χ1) is 9.88. The zero-order valence-electron chi connectivity index (χ0n) is 10.9. The summed E-state index contributed by atoms with van der Waals surface area (Å²) in [5, 5.41) is 13.2. The number of nitrogens with one attached hydrogen (secondary N) is 1. The predicted molar refractivity (Wildman–Crippen MR) is 67.1 cm³/mol. The van der Waals surface area contributed by atoms with Crippen LogP contribution in [-0.2, 0) is 15.7 Å². The van der Waals surface area contributed by atoms with Crippen molar-refractivity contribution in [2.45, 2.75) is 12.3 Å². The Balaban J connectivity index is 2.15. The predicted octanol–water partition coefficient (Wildman–Crippen LogP) is 2.44. The van der Waals surface area contributed by atoms with Crippen molar-refractivity contribution in [3.63, 3.8) is 0 Å². The highest BCUT2D eigenvalue weighted by atomic mass is 19.4. The van der Waals surface area contributed by atoms with E-state index in [4.69, 9.17) is 9.47 Å². The number of anilines is 1. The summed E-state index contributed by atoms with van der Waals surface area (Å²) in [7, 11) is 0. The zero-order valence-corrected chi connectivity index (χ0v) is 10.9. The summed E-state index contributed by atoms with van der Waals surface area (Å²) in [5.74, 6) is 0. The number of non-ortho nitro benzene ring substituents is 1. The third-order valence-corrected chi connectivity index (χ3v) is 2.92. The Kier molecular flexibility index (Phi) is 4.63. The zero-order chi connectivity index (χ0) is 15.5. The van der Waals surface area contributed by atoms with Crippen molar-refractivity contribution < 1.29 is 27.6 Å². The minimum absolute atomic E-state index is 0.126. The Hall–Kier alpha value is -1.87. The Morgan fingerprint density at radius 2 is 2.14 bits per heavy atom. The van der Waals surface area contributed by atoms with Gasteiger partial charge in [0.2, 0.25) is 0 Å². The fourth-order valence-corrected chi connectivity index (χ4v) is 1.91. The molecule has 0 bridgehead atoms. The fraction of sp³-hybridized carbons (Fsp3) is 0.500. The van der Waals surface area contributed by atoms with Crippen molar-refractivity contribution >= 4 is 11.4 Å². The van der Waals surface area contributed by atoms with Gasteiger partial charge in [0.15, 0.2) is 0 Å². The summed E-state index contributed by atoms with van der Waals surface area (Å²) in [4.78, 5) is 9.71. The molecule has 2 rings (SSSR count). The van der Waals surface area contributed by atoms with Gasteiger partial charge in [0.1, 0.15) is 0 Å². The van der Waals surface area contributed by atoms with Gasteiger partial charge in [-0.3, -0.25) is 10.1 Å². The first-order valence-electron chi connectivity index (χ1n) is 6.17. The van der Waals surface area contributed by atoms with Crippen LogP contribution in [0, 0.1) is 10.1 Å². The van der Waals surface area contributed by atoms with Crippen LogP contribution in [0.5, 0.6) is 0 Å². The van der Waals surface area contributed by atoms with Gasteiger partial charge >= 0.3 is 6.18 Å². The van der Waals surface area contributed by atoms with Crippen molar-refractivity contribution in [2.75, 3.05) is 31.7 Å². The van der Waals surface area contributed by atoms with E-state index in [1.54, 1.807) is 0 Å². The molecule has 1 saturated heterocycles. The van der Waals surface area contributed by atoms with Gasteiger partial charge in [-0.05, 0) is 6.07 Å². The Morgan fingerprint density at radius 1 is 1.38 bits per heavy atom. The van der Waals surface area contributed by atoms with Crippen molar-refractivity contribution in [3.8, 4) is 0 Å². The normalized spacial score (nSPS) is 19.3. The second-order valence-electron chi connectivity index (χ2n) is 4.43. The molecule has 1 atom stereocenters. The highest BCUT2D eigenvalue weighted by Crippen LogP contribution is 2.37. The molecule has 1 heterocycles. The van der Waals surface area contributed by atoms with Gasteiger partial charge in [-0.2, -0.15) is 13.2 Å². The molecule has 116 valence electrons. The molecule has 0 saturated carbocycles. The summed E-state index contributed by atoms with van der Waals surface area (Å²) in [5.41, 5.74) is -1.90. The maximum Gasteiger partial charge on any atom is 0.418 e. The summed E-state index contributed by atoms with van der Waals surface area (Å²) >= 11 is 0. The Bertz CT molecular complexity index is 516. The SMILES string of the molecule is O=[N+]([O-])c1ccc(NCC2COCCO2)c(C(F)(F)F)c1. The molecule has 1 aromatic carbocycles. The number of nitro benzene ring substituents is 1. The highest BCUT2D eigenvalue weighted by Gasteiger charge is 2.35. The molecule has 6 nitrogen and oxygen atoms in total. The Morgan fingerprint density at radius 3 is 2.71 bits per heavy atom. The minimum atomic E-state index is -4.68. The number of ether oxygens (including phenoxy) is 2. The number of halogens is 3. The molecule has 1 aromatic rings. The van der Waals surface area contributed by atoms with Crippen LogP contribution < -0.4 is 5.32 Å². The maximum absolute atomic E-state index is 12.9. The van der Waals surface area contributed by atoms with E-state index in [1.165, 1.54) is 0 Å². The van der Waals surface area contributed by atoms with E-state index in [9.17, 15) is 23.3 Å². The number of alkyl halides is 3. The molecule has 0 aromatic heterocycles. The van der Waals surface area contributed by atoms with Crippen molar-refractivity contribution in [1.29, 1.82) is 0 Å². The average Bonchev–Trinajstić information content (AvgIpc) is 2.45. The maximum atomic E-state index is 12.9. The largest absolute Gasteiger partial charge is 0.418 e. The molecule has 1 unspecified atom stereocenters. The number of hydrogen-bond donors (Lipinski definition) is 1. The van der Waals surface area contributed by atoms with Gasteiger partial charge < -0.3 is 14.8 Å². The fourth-order valence-electron chi connectivity index (χ4n) is 1.91. The highest BCUT2D eigenvalue weighted by molar-refractivity contribution is 5.57. The molecular formula is C12H13F3N2O4. The van der Waals surface area contributed by atoms with Crippen molar-refractivity contribution in [1.82, 2.24) is 0 Å². The van der Waals surface area contributed by atoms with E-state index in [-0.39, 0.29) is 18.3 Å². The third kappa shape index (κ3) is 4.05. The third-order valence-electron chi connectivity index (χ3n) is 2.92. The van der Waals surface area contributed by atoms with Gasteiger partial charge in [-0.15, -0.1) is 0 Å². The summed E-state index contributed by atoms with van der Waals surface area (Å²) in [6, 6.07) is 2.58. The molecule has 1 aliphatic heterocycles. The molecular weight excluding hydrogens is 293 g/mol. The monoisotopic (exact) mass is 306 g/mol. The summed E-state index contributed by atoms with van der Waals surface area (Å²) in [6.45, 7) is 1.27. The lowest BCUT2D eigenvalue weighted by atomic mass is 10.1. The van der Waals surface area contributed by atoms with Crippen LogP contribution in [0.1, 0.15) is 5.56 Å². The van der Waals surface area contributed by atoms with Crippen LogP contribution in [0.25, 0.3) is 0 Å². The van der Waals surface area contributed by atoms with Gasteiger partial charge in [0.05, 0.1) is 36.4 Å². The quantitative estimate of drug-likeness (QED) is 0.683. The van der Waals surface area contributed by atoms with Crippen LogP contribution in [0.15, 0.2) is 18.2 Å². The molecule has 21 heavy (non-hydrogen) atoms. The van der Waals surface area contributed by atoms with E-state index in [1.807, 2.05) is 0 Å². The second-order valence-corrected chi connectivity index (χ2v) is 4.43. The molecule has 9 heteroatoms. The number of hydrogen-bond acceptors (Lipinski definition) is 5. The molecule has 0 radical (unpaired) electrons.